The predicted molar refractivity (Wildman–Crippen MR) is 83.9 cm³/mol. The lowest BCUT2D eigenvalue weighted by molar-refractivity contribution is -0.0920. The lowest BCUT2D eigenvalue weighted by Gasteiger charge is -2.48. The molecule has 2 aliphatic heterocycles. The van der Waals surface area contributed by atoms with E-state index in [1.807, 2.05) is 17.4 Å². The molecule has 0 spiro atoms. The molecule has 0 radical (unpaired) electrons. The van der Waals surface area contributed by atoms with E-state index >= 15 is 0 Å². The smallest absolute Gasteiger partial charge is 0.206 e. The Bertz CT molecular complexity index is 557. The van der Waals surface area contributed by atoms with Gasteiger partial charge >= 0.3 is 0 Å². The van der Waals surface area contributed by atoms with Crippen LogP contribution < -0.4 is 5.32 Å². The molecular formula is C13H19BrN6O. The number of aliphatic hydroxyl groups is 1. The van der Waals surface area contributed by atoms with Gasteiger partial charge in [0.2, 0.25) is 5.88 Å². The average Bonchev–Trinajstić information content (AvgIpc) is 2.95. The fourth-order valence-corrected chi connectivity index (χ4v) is 3.20. The Hall–Kier alpha value is -1.38. The summed E-state index contributed by atoms with van der Waals surface area (Å²) in [7, 11) is 0. The second kappa shape index (κ2) is 5.78. The summed E-state index contributed by atoms with van der Waals surface area (Å²) in [6.07, 6.45) is 5.37. The number of aliphatic hydroxyl groups excluding tert-OH is 1. The van der Waals surface area contributed by atoms with Crippen LogP contribution >= 0.6 is 15.9 Å². The monoisotopic (exact) mass is 354 g/mol. The zero-order chi connectivity index (χ0) is 15.0. The highest BCUT2D eigenvalue weighted by Gasteiger charge is 2.37. The van der Waals surface area contributed by atoms with Gasteiger partial charge in [-0.2, -0.15) is 5.10 Å². The summed E-state index contributed by atoms with van der Waals surface area (Å²) in [6.45, 7) is 5.49. The molecule has 2 aliphatic rings. The van der Waals surface area contributed by atoms with Gasteiger partial charge in [-0.25, -0.2) is 5.01 Å². The van der Waals surface area contributed by atoms with E-state index < -0.39 is 0 Å². The molecule has 21 heavy (non-hydrogen) atoms. The summed E-state index contributed by atoms with van der Waals surface area (Å²) in [4.78, 5) is 4.33. The Morgan fingerprint density at radius 1 is 1.43 bits per heavy atom. The average molecular weight is 355 g/mol. The van der Waals surface area contributed by atoms with Crippen molar-refractivity contribution in [1.29, 1.82) is 0 Å². The van der Waals surface area contributed by atoms with Crippen LogP contribution in [0, 0.1) is 0 Å². The summed E-state index contributed by atoms with van der Waals surface area (Å²) in [5, 5.41) is 24.7. The number of hydrogen-bond acceptors (Lipinski definition) is 6. The van der Waals surface area contributed by atoms with Gasteiger partial charge in [0.25, 0.3) is 0 Å². The van der Waals surface area contributed by atoms with Crippen molar-refractivity contribution in [1.82, 2.24) is 25.5 Å². The molecule has 0 aliphatic carbocycles. The predicted octanol–water partition coefficient (Wildman–Crippen LogP) is 1.51. The number of halogens is 1. The quantitative estimate of drug-likeness (QED) is 0.750. The van der Waals surface area contributed by atoms with E-state index in [0.717, 1.165) is 12.1 Å². The number of hydrogen-bond donors (Lipinski definition) is 3. The molecular weight excluding hydrogens is 336 g/mol. The molecule has 3 atom stereocenters. The van der Waals surface area contributed by atoms with E-state index in [1.54, 1.807) is 6.08 Å². The van der Waals surface area contributed by atoms with Crippen molar-refractivity contribution in [3.8, 4) is 0 Å². The highest BCUT2D eigenvalue weighted by Crippen LogP contribution is 2.28. The molecule has 1 saturated heterocycles. The van der Waals surface area contributed by atoms with Crippen LogP contribution in [0.2, 0.25) is 0 Å². The Kier molecular flexibility index (Phi) is 4.01. The topological polar surface area (TPSA) is 79.8 Å². The van der Waals surface area contributed by atoms with Crippen LogP contribution in [0.5, 0.6) is 0 Å². The first-order valence-corrected chi connectivity index (χ1v) is 7.75. The fourth-order valence-electron chi connectivity index (χ4n) is 2.89. The summed E-state index contributed by atoms with van der Waals surface area (Å²) in [6, 6.07) is 0.610. The summed E-state index contributed by atoms with van der Waals surface area (Å²) in [5.41, 5.74) is 1.12. The molecule has 3 heterocycles. The van der Waals surface area contributed by atoms with Crippen molar-refractivity contribution in [3.63, 3.8) is 0 Å². The number of H-pyrrole nitrogens is 1. The van der Waals surface area contributed by atoms with Crippen molar-refractivity contribution >= 4 is 20.6 Å². The number of nitrogens with one attached hydrogen (secondary N) is 2. The largest absolute Gasteiger partial charge is 0.494 e. The maximum Gasteiger partial charge on any atom is 0.206 e. The van der Waals surface area contributed by atoms with Crippen molar-refractivity contribution in [3.05, 3.63) is 29.9 Å². The zero-order valence-electron chi connectivity index (χ0n) is 12.0. The van der Waals surface area contributed by atoms with E-state index in [9.17, 15) is 5.11 Å². The molecule has 3 unspecified atom stereocenters. The van der Waals surface area contributed by atoms with Crippen LogP contribution in [-0.4, -0.2) is 55.2 Å². The number of aromatic amines is 1. The fraction of sp³-hybridized carbons (Fsp3) is 0.538. The van der Waals surface area contributed by atoms with Gasteiger partial charge in [-0.1, -0.05) is 0 Å². The Labute approximate surface area is 131 Å². The van der Waals surface area contributed by atoms with Crippen molar-refractivity contribution in [2.75, 3.05) is 13.2 Å². The van der Waals surface area contributed by atoms with E-state index in [4.69, 9.17) is 0 Å². The van der Waals surface area contributed by atoms with E-state index in [0.29, 0.717) is 17.3 Å². The minimum Gasteiger partial charge on any atom is -0.494 e. The molecule has 8 heteroatoms. The van der Waals surface area contributed by atoms with Crippen LogP contribution in [0.3, 0.4) is 0 Å². The molecule has 0 saturated carbocycles. The normalized spacial score (nSPS) is 31.0. The Balaban J connectivity index is 1.83. The molecule has 1 aromatic heterocycles. The third-order valence-corrected chi connectivity index (χ3v) is 4.41. The Morgan fingerprint density at radius 3 is 2.90 bits per heavy atom. The van der Waals surface area contributed by atoms with Gasteiger partial charge in [0.05, 0.1) is 12.2 Å². The minimum atomic E-state index is 0.148. The van der Waals surface area contributed by atoms with Gasteiger partial charge < -0.3 is 10.4 Å². The maximum atomic E-state index is 10.2. The van der Waals surface area contributed by atoms with Gasteiger partial charge in [-0.3, -0.25) is 15.1 Å². The lowest BCUT2D eigenvalue weighted by Crippen LogP contribution is -2.61. The standard InChI is InChI=1S/C13H19BrN6O/c1-8-6-19(20-7-15-11(14)3-12(20)21)9(2)13(18-8)10-4-16-17-5-10/h3-5,8-9,13,18,21H,6-7H2,1-2H3,(H,16,17). The molecule has 3 rings (SSSR count). The summed E-state index contributed by atoms with van der Waals surface area (Å²) >= 11 is 3.29. The van der Waals surface area contributed by atoms with Crippen LogP contribution in [-0.2, 0) is 0 Å². The second-order valence-corrected chi connectivity index (χ2v) is 6.28. The SMILES string of the molecule is CC1CN(N2CN=C(Br)C=C2O)C(C)C(c2cn[nH]c2)N1. The van der Waals surface area contributed by atoms with Crippen molar-refractivity contribution in [2.24, 2.45) is 4.99 Å². The van der Waals surface area contributed by atoms with Crippen LogP contribution in [0.25, 0.3) is 0 Å². The van der Waals surface area contributed by atoms with Crippen LogP contribution in [0.15, 0.2) is 29.3 Å². The number of piperazine rings is 1. The lowest BCUT2D eigenvalue weighted by atomic mass is 9.98. The van der Waals surface area contributed by atoms with Crippen molar-refractivity contribution in [2.45, 2.75) is 32.0 Å². The molecule has 7 nitrogen and oxygen atoms in total. The first-order valence-electron chi connectivity index (χ1n) is 6.95. The molecule has 0 bridgehead atoms. The van der Waals surface area contributed by atoms with Gasteiger partial charge in [0, 0.05) is 36.5 Å². The minimum absolute atomic E-state index is 0.148. The maximum absolute atomic E-state index is 10.2. The number of allylic oxidation sites excluding steroid dienone is 1. The molecule has 1 aromatic rings. The molecule has 0 aromatic carbocycles. The van der Waals surface area contributed by atoms with E-state index in [-0.39, 0.29) is 18.0 Å². The van der Waals surface area contributed by atoms with E-state index in [1.165, 1.54) is 0 Å². The molecule has 114 valence electrons. The first kappa shape index (κ1) is 14.6. The Morgan fingerprint density at radius 2 is 2.24 bits per heavy atom. The number of rotatable bonds is 2. The number of nitrogens with zero attached hydrogens (tertiary/aromatic N) is 4. The number of aliphatic imine (C=N–C) groups is 1. The highest BCUT2D eigenvalue weighted by molar-refractivity contribution is 9.18. The number of hydrazine groups is 1. The number of aromatic nitrogens is 2. The second-order valence-electron chi connectivity index (χ2n) is 5.46. The van der Waals surface area contributed by atoms with Gasteiger partial charge in [-0.05, 0) is 29.8 Å². The molecule has 0 amide bonds. The summed E-state index contributed by atoms with van der Waals surface area (Å²) < 4.78 is 0.665. The van der Waals surface area contributed by atoms with Gasteiger partial charge in [0.1, 0.15) is 11.3 Å². The van der Waals surface area contributed by atoms with Crippen LogP contribution in [0.4, 0.5) is 0 Å². The highest BCUT2D eigenvalue weighted by atomic mass is 79.9. The van der Waals surface area contributed by atoms with E-state index in [2.05, 4.69) is 55.3 Å². The summed E-state index contributed by atoms with van der Waals surface area (Å²) in [5.74, 6) is 0.212. The third-order valence-electron chi connectivity index (χ3n) is 3.93. The molecule has 1 fully saturated rings. The zero-order valence-corrected chi connectivity index (χ0v) is 13.6. The van der Waals surface area contributed by atoms with Gasteiger partial charge in [-0.15, -0.1) is 0 Å². The van der Waals surface area contributed by atoms with Crippen LogP contribution in [0.1, 0.15) is 25.5 Å². The third kappa shape index (κ3) is 2.83. The van der Waals surface area contributed by atoms with Crippen molar-refractivity contribution < 1.29 is 5.11 Å². The van der Waals surface area contributed by atoms with Gasteiger partial charge in [0.15, 0.2) is 0 Å². The first-order chi connectivity index (χ1) is 10.1. The molecule has 3 N–H and O–H groups in total.